The number of carbonyl (C=O) groups is 8. The van der Waals surface area contributed by atoms with Gasteiger partial charge in [0, 0.05) is 77.0 Å². The minimum absolute atomic E-state index is 0.135. The fraction of sp³-hybridized carbons (Fsp3) is 0.887. The number of unbranched alkanes of at least 4 members (excludes halogenated alkanes) is 4. The summed E-state index contributed by atoms with van der Waals surface area (Å²) in [5.74, 6) is 0.0346. The number of esters is 8. The lowest BCUT2D eigenvalue weighted by atomic mass is 9.87. The molecule has 520 valence electrons. The van der Waals surface area contributed by atoms with Gasteiger partial charge in [-0.3, -0.25) is 48.2 Å². The predicted octanol–water partition coefficient (Wildman–Crippen LogP) is 11.0. The van der Waals surface area contributed by atoms with Crippen molar-refractivity contribution in [3.8, 4) is 0 Å². The zero-order valence-electron chi connectivity index (χ0n) is 56.1. The Morgan fingerprint density at radius 2 is 0.495 bits per heavy atom. The fourth-order valence-corrected chi connectivity index (χ4v) is 14.4. The summed E-state index contributed by atoms with van der Waals surface area (Å²) in [5.41, 5.74) is 0. The first-order valence-electron chi connectivity index (χ1n) is 36.6. The third-order valence-corrected chi connectivity index (χ3v) is 19.8. The van der Waals surface area contributed by atoms with Gasteiger partial charge < -0.3 is 47.7 Å². The topological polar surface area (TPSA) is 223 Å². The Balaban J connectivity index is 0.874. The van der Waals surface area contributed by atoms with Crippen molar-refractivity contribution in [1.82, 2.24) is 19.6 Å². The van der Waals surface area contributed by atoms with E-state index in [4.69, 9.17) is 37.9 Å². The summed E-state index contributed by atoms with van der Waals surface area (Å²) in [4.78, 5) is 111. The van der Waals surface area contributed by atoms with Gasteiger partial charge in [-0.25, -0.2) is 0 Å². The Morgan fingerprint density at radius 1 is 0.275 bits per heavy atom. The highest BCUT2D eigenvalue weighted by molar-refractivity contribution is 5.72. The standard InChI is InChI=1S/C71H120N4O16/c76-64(84-43-13-17-47-88-68(80)51-58-23-5-1-6-24-58)31-39-72(40-32-65(77)85-44-14-18-48-89-69(81)52-59-25-7-2-8-26-59)35-21-37-74-56-63-55-62(74)57-75(63)38-22-36-73(41-33-66(78)86-45-15-19-49-90-70(82)53-60-27-9-3-10-28-60)42-34-67(79)87-46-16-20-50-91-71(83)54-61-29-11-4-12-30-61/h58-63H,1-57H2. The molecule has 0 amide bonds. The van der Waals surface area contributed by atoms with E-state index in [2.05, 4.69) is 19.6 Å². The van der Waals surface area contributed by atoms with E-state index in [1.54, 1.807) is 0 Å². The molecule has 0 aromatic heterocycles. The van der Waals surface area contributed by atoms with Crippen molar-refractivity contribution < 1.29 is 76.3 Å². The summed E-state index contributed by atoms with van der Waals surface area (Å²) >= 11 is 0. The molecule has 6 aliphatic rings. The molecule has 0 radical (unpaired) electrons. The van der Waals surface area contributed by atoms with Gasteiger partial charge in [-0.15, -0.1) is 0 Å². The third-order valence-electron chi connectivity index (χ3n) is 19.8. The lowest BCUT2D eigenvalue weighted by molar-refractivity contribution is -0.147. The zero-order valence-corrected chi connectivity index (χ0v) is 56.1. The summed E-state index contributed by atoms with van der Waals surface area (Å²) in [5, 5.41) is 0. The number of piperazine rings is 1. The van der Waals surface area contributed by atoms with Gasteiger partial charge in [0.15, 0.2) is 0 Å². The van der Waals surface area contributed by atoms with Gasteiger partial charge in [0.1, 0.15) is 0 Å². The van der Waals surface area contributed by atoms with Crippen LogP contribution in [0.5, 0.6) is 0 Å². The lowest BCUT2D eigenvalue weighted by Gasteiger charge is -2.35. The van der Waals surface area contributed by atoms with Gasteiger partial charge in [-0.2, -0.15) is 0 Å². The highest BCUT2D eigenvalue weighted by Crippen LogP contribution is 2.32. The Labute approximate surface area is 545 Å². The van der Waals surface area contributed by atoms with E-state index in [0.717, 1.165) is 96.8 Å². The summed E-state index contributed by atoms with van der Waals surface area (Å²) in [6.07, 6.45) is 33.9. The Bertz CT molecular complexity index is 1810. The van der Waals surface area contributed by atoms with Gasteiger partial charge in [0.2, 0.25) is 0 Å². The Kier molecular flexibility index (Phi) is 38.8. The Morgan fingerprint density at radius 3 is 0.714 bits per heavy atom. The van der Waals surface area contributed by atoms with E-state index in [0.29, 0.717) is 179 Å². The van der Waals surface area contributed by atoms with Gasteiger partial charge in [-0.05, 0) is 172 Å². The third kappa shape index (κ3) is 34.5. The molecule has 2 bridgehead atoms. The van der Waals surface area contributed by atoms with Gasteiger partial charge in [0.05, 0.1) is 78.5 Å². The maximum Gasteiger partial charge on any atom is 0.307 e. The SMILES string of the molecule is O=C(CCN(CCCN1CC2CC1CN2CCCN(CCC(=O)OCCCCOC(=O)CC1CCCCC1)CCC(=O)OCCCCOC(=O)CC1CCCCC1)CCC(=O)OCCCCOC(=O)CC1CCCCC1)OCCCCOC(=O)CC1CCCCC1. The molecule has 2 atom stereocenters. The Hall–Kier alpha value is -4.40. The van der Waals surface area contributed by atoms with Gasteiger partial charge in [0.25, 0.3) is 0 Å². The molecule has 0 aromatic carbocycles. The summed E-state index contributed by atoms with van der Waals surface area (Å²) in [6.45, 7) is 9.34. The molecule has 20 heteroatoms. The van der Waals surface area contributed by atoms with Crippen LogP contribution in [0.15, 0.2) is 0 Å². The number of ether oxygens (including phenoxy) is 8. The lowest BCUT2D eigenvalue weighted by Crippen LogP contribution is -2.47. The van der Waals surface area contributed by atoms with Crippen LogP contribution in [0.25, 0.3) is 0 Å². The van der Waals surface area contributed by atoms with Crippen LogP contribution in [0, 0.1) is 23.7 Å². The van der Waals surface area contributed by atoms with Crippen LogP contribution < -0.4 is 0 Å². The molecule has 91 heavy (non-hydrogen) atoms. The molecule has 0 N–H and O–H groups in total. The minimum Gasteiger partial charge on any atom is -0.466 e. The van der Waals surface area contributed by atoms with Crippen LogP contribution in [0.4, 0.5) is 0 Å². The second kappa shape index (κ2) is 46.6. The quantitative estimate of drug-likeness (QED) is 0.0314. The first-order valence-corrected chi connectivity index (χ1v) is 36.6. The number of hydrogen-bond acceptors (Lipinski definition) is 20. The van der Waals surface area contributed by atoms with E-state index in [1.807, 2.05) is 0 Å². The van der Waals surface area contributed by atoms with Crippen LogP contribution >= 0.6 is 0 Å². The van der Waals surface area contributed by atoms with E-state index < -0.39 is 0 Å². The molecule has 6 rings (SSSR count). The van der Waals surface area contributed by atoms with E-state index in [9.17, 15) is 38.4 Å². The molecule has 2 unspecified atom stereocenters. The molecule has 0 spiro atoms. The van der Waals surface area contributed by atoms with Crippen molar-refractivity contribution in [2.75, 3.05) is 118 Å². The average Bonchev–Trinajstić information content (AvgIpc) is 1.67. The smallest absolute Gasteiger partial charge is 0.307 e. The number of hydrogen-bond donors (Lipinski definition) is 0. The molecule has 2 aliphatic heterocycles. The largest absolute Gasteiger partial charge is 0.466 e. The molecular formula is C71H120N4O16. The molecule has 6 fully saturated rings. The van der Waals surface area contributed by atoms with Crippen molar-refractivity contribution in [2.45, 2.75) is 262 Å². The van der Waals surface area contributed by atoms with Crippen molar-refractivity contribution in [3.63, 3.8) is 0 Å². The molecule has 2 saturated heterocycles. The molecule has 4 saturated carbocycles. The van der Waals surface area contributed by atoms with Crippen LogP contribution in [0.1, 0.15) is 250 Å². The summed E-state index contributed by atoms with van der Waals surface area (Å²) in [6, 6.07) is 0.874. The predicted molar refractivity (Wildman–Crippen MR) is 345 cm³/mol. The molecule has 0 aromatic rings. The minimum atomic E-state index is -0.293. The second-order valence-electron chi connectivity index (χ2n) is 27.3. The first kappa shape index (κ1) is 75.6. The number of nitrogens with zero attached hydrogens (tertiary/aromatic N) is 4. The van der Waals surface area contributed by atoms with Crippen molar-refractivity contribution in [1.29, 1.82) is 0 Å². The summed E-state index contributed by atoms with van der Waals surface area (Å²) in [7, 11) is 0. The van der Waals surface area contributed by atoms with Crippen LogP contribution in [0.2, 0.25) is 0 Å². The molecule has 2 heterocycles. The van der Waals surface area contributed by atoms with Crippen LogP contribution in [-0.4, -0.2) is 198 Å². The maximum absolute atomic E-state index is 12.9. The number of likely N-dealkylation sites (tertiary alicyclic amines) is 2. The number of carbonyl (C=O) groups excluding carboxylic acids is 8. The second-order valence-corrected chi connectivity index (χ2v) is 27.3. The molecule has 4 aliphatic carbocycles. The first-order chi connectivity index (χ1) is 44.4. The van der Waals surface area contributed by atoms with Gasteiger partial charge >= 0.3 is 47.8 Å². The van der Waals surface area contributed by atoms with E-state index in [-0.39, 0.29) is 99.9 Å². The zero-order chi connectivity index (χ0) is 64.4. The normalized spacial score (nSPS) is 19.5. The fourth-order valence-electron chi connectivity index (χ4n) is 14.4. The average molecular weight is 1290 g/mol. The highest BCUT2D eigenvalue weighted by atomic mass is 16.6. The number of rotatable bonds is 48. The molecular weight excluding hydrogens is 1160 g/mol. The van der Waals surface area contributed by atoms with Crippen LogP contribution in [-0.2, 0) is 76.3 Å². The van der Waals surface area contributed by atoms with Crippen molar-refractivity contribution in [2.24, 2.45) is 23.7 Å². The van der Waals surface area contributed by atoms with E-state index >= 15 is 0 Å². The summed E-state index contributed by atoms with van der Waals surface area (Å²) < 4.78 is 44.2. The monoisotopic (exact) mass is 1280 g/mol. The van der Waals surface area contributed by atoms with E-state index in [1.165, 1.54) is 77.0 Å². The molecule has 20 nitrogen and oxygen atoms in total. The van der Waals surface area contributed by atoms with Crippen LogP contribution in [0.3, 0.4) is 0 Å². The van der Waals surface area contributed by atoms with Crippen molar-refractivity contribution >= 4 is 47.8 Å². The number of fused-ring (bicyclic) bond motifs is 2. The highest BCUT2D eigenvalue weighted by Gasteiger charge is 2.42. The van der Waals surface area contributed by atoms with Crippen molar-refractivity contribution in [3.05, 3.63) is 0 Å². The maximum atomic E-state index is 12.9. The van der Waals surface area contributed by atoms with Gasteiger partial charge in [-0.1, -0.05) is 77.0 Å².